The number of nitrogens with one attached hydrogen (secondary N) is 1. The first-order valence-electron chi connectivity index (χ1n) is 10.1. The Hall–Kier alpha value is -2.93. The molecule has 6 nitrogen and oxygen atoms in total. The van der Waals surface area contributed by atoms with Gasteiger partial charge in [-0.15, -0.1) is 11.3 Å². The van der Waals surface area contributed by atoms with Gasteiger partial charge in [-0.3, -0.25) is 9.59 Å². The molecule has 0 unspecified atom stereocenters. The van der Waals surface area contributed by atoms with Crippen molar-refractivity contribution in [2.24, 2.45) is 5.92 Å². The van der Waals surface area contributed by atoms with Crippen molar-refractivity contribution in [2.45, 2.75) is 33.6 Å². The Morgan fingerprint density at radius 2 is 1.87 bits per heavy atom. The lowest BCUT2D eigenvalue weighted by Gasteiger charge is -2.30. The van der Waals surface area contributed by atoms with Crippen molar-refractivity contribution in [3.8, 4) is 11.3 Å². The third-order valence-electron chi connectivity index (χ3n) is 5.74. The first-order valence-corrected chi connectivity index (χ1v) is 11.0. The number of benzene rings is 1. The minimum atomic E-state index is -0.124. The zero-order chi connectivity index (χ0) is 21.3. The second kappa shape index (κ2) is 8.44. The number of hydrogen-bond acceptors (Lipinski definition) is 5. The summed E-state index contributed by atoms with van der Waals surface area (Å²) in [5, 5.41) is 5.56. The molecule has 156 valence electrons. The number of nitrogens with zero attached hydrogens (tertiary/aromatic N) is 2. The highest BCUT2D eigenvalue weighted by atomic mass is 32.1. The number of amides is 2. The van der Waals surface area contributed by atoms with Crippen molar-refractivity contribution in [1.82, 2.24) is 9.88 Å². The summed E-state index contributed by atoms with van der Waals surface area (Å²) in [6.45, 7) is 7.37. The molecule has 0 atom stereocenters. The lowest BCUT2D eigenvalue weighted by atomic mass is 9.96. The topological polar surface area (TPSA) is 75.4 Å². The van der Waals surface area contributed by atoms with Crippen LogP contribution in [0, 0.1) is 26.7 Å². The molecule has 0 spiro atoms. The van der Waals surface area contributed by atoms with Crippen LogP contribution in [-0.4, -0.2) is 34.8 Å². The molecular formula is C23H25N3O3S. The molecule has 1 aromatic carbocycles. The molecule has 2 aromatic heterocycles. The van der Waals surface area contributed by atoms with Crippen molar-refractivity contribution in [2.75, 3.05) is 18.4 Å². The summed E-state index contributed by atoms with van der Waals surface area (Å²) in [7, 11) is 0. The Labute approximate surface area is 179 Å². The van der Waals surface area contributed by atoms with Crippen LogP contribution < -0.4 is 5.32 Å². The Bertz CT molecular complexity index is 1060. The Morgan fingerprint density at radius 3 is 2.57 bits per heavy atom. The molecule has 0 bridgehead atoms. The van der Waals surface area contributed by atoms with E-state index in [0.29, 0.717) is 36.8 Å². The van der Waals surface area contributed by atoms with Crippen LogP contribution >= 0.6 is 11.3 Å². The lowest BCUT2D eigenvalue weighted by Crippen LogP contribution is -2.41. The fourth-order valence-electron chi connectivity index (χ4n) is 3.80. The molecule has 0 saturated carbocycles. The maximum atomic E-state index is 12.7. The highest BCUT2D eigenvalue weighted by Crippen LogP contribution is 2.30. The number of thiazole rings is 1. The van der Waals surface area contributed by atoms with Gasteiger partial charge in [0.05, 0.1) is 12.0 Å². The second-order valence-electron chi connectivity index (χ2n) is 7.82. The second-order valence-corrected chi connectivity index (χ2v) is 8.68. The highest BCUT2D eigenvalue weighted by molar-refractivity contribution is 7.14. The standard InChI is InChI=1S/C23H25N3O3S/c1-14-11-16(3)18(12-15(14)2)19-13-30-23(24-19)25-21(27)17-6-8-26(9-7-17)22(28)20-5-4-10-29-20/h4-5,10-13,17H,6-9H2,1-3H3,(H,24,25,27). The molecule has 3 aromatic rings. The van der Waals surface area contributed by atoms with E-state index in [4.69, 9.17) is 4.42 Å². The molecular weight excluding hydrogens is 398 g/mol. The third-order valence-corrected chi connectivity index (χ3v) is 6.49. The van der Waals surface area contributed by atoms with Crippen molar-refractivity contribution < 1.29 is 14.0 Å². The zero-order valence-electron chi connectivity index (χ0n) is 17.4. The molecule has 2 amide bonds. The summed E-state index contributed by atoms with van der Waals surface area (Å²) in [4.78, 5) is 31.5. The van der Waals surface area contributed by atoms with Gasteiger partial charge in [-0.2, -0.15) is 0 Å². The molecule has 1 fully saturated rings. The molecule has 0 aliphatic carbocycles. The predicted octanol–water partition coefficient (Wildman–Crippen LogP) is 4.82. The van der Waals surface area contributed by atoms with Crippen LogP contribution in [0.3, 0.4) is 0 Å². The fraction of sp³-hybridized carbons (Fsp3) is 0.348. The van der Waals surface area contributed by atoms with Crippen LogP contribution in [0.5, 0.6) is 0 Å². The molecule has 30 heavy (non-hydrogen) atoms. The van der Waals surface area contributed by atoms with E-state index in [9.17, 15) is 9.59 Å². The Kier molecular flexibility index (Phi) is 5.72. The number of piperidine rings is 1. The molecule has 4 rings (SSSR count). The predicted molar refractivity (Wildman–Crippen MR) is 118 cm³/mol. The van der Waals surface area contributed by atoms with Gasteiger partial charge in [-0.05, 0) is 68.5 Å². The largest absolute Gasteiger partial charge is 0.459 e. The zero-order valence-corrected chi connectivity index (χ0v) is 18.2. The number of hydrogen-bond donors (Lipinski definition) is 1. The van der Waals surface area contributed by atoms with Crippen molar-refractivity contribution in [1.29, 1.82) is 0 Å². The van der Waals surface area contributed by atoms with Crippen LogP contribution in [0.25, 0.3) is 11.3 Å². The quantitative estimate of drug-likeness (QED) is 0.653. The van der Waals surface area contributed by atoms with E-state index in [1.807, 2.05) is 5.38 Å². The number of aromatic nitrogens is 1. The summed E-state index contributed by atoms with van der Waals surface area (Å²) in [5.41, 5.74) is 5.64. The van der Waals surface area contributed by atoms with Gasteiger partial charge in [0.25, 0.3) is 5.91 Å². The molecule has 1 aliphatic heterocycles. The maximum absolute atomic E-state index is 12.7. The summed E-state index contributed by atoms with van der Waals surface area (Å²) < 4.78 is 5.19. The summed E-state index contributed by atoms with van der Waals surface area (Å²) >= 11 is 1.44. The number of aryl methyl sites for hydroxylation is 3. The van der Waals surface area contributed by atoms with Gasteiger partial charge in [0.15, 0.2) is 10.9 Å². The third kappa shape index (κ3) is 4.16. The minimum Gasteiger partial charge on any atom is -0.459 e. The SMILES string of the molecule is Cc1cc(C)c(-c2csc(NC(=O)C3CCN(C(=O)c4ccco4)CC3)n2)cc1C. The number of rotatable bonds is 4. The van der Waals surface area contributed by atoms with Gasteiger partial charge in [0.1, 0.15) is 0 Å². The van der Waals surface area contributed by atoms with E-state index < -0.39 is 0 Å². The summed E-state index contributed by atoms with van der Waals surface area (Å²) in [6, 6.07) is 7.69. The van der Waals surface area contributed by atoms with Crippen LogP contribution in [-0.2, 0) is 4.79 Å². The number of anilines is 1. The van der Waals surface area contributed by atoms with E-state index in [-0.39, 0.29) is 17.7 Å². The van der Waals surface area contributed by atoms with Crippen molar-refractivity contribution in [3.63, 3.8) is 0 Å². The smallest absolute Gasteiger partial charge is 0.289 e. The lowest BCUT2D eigenvalue weighted by molar-refractivity contribution is -0.121. The first-order chi connectivity index (χ1) is 14.4. The van der Waals surface area contributed by atoms with E-state index in [0.717, 1.165) is 11.3 Å². The average molecular weight is 424 g/mol. The fourth-order valence-corrected chi connectivity index (χ4v) is 4.51. The highest BCUT2D eigenvalue weighted by Gasteiger charge is 2.29. The molecule has 1 aliphatic rings. The monoisotopic (exact) mass is 423 g/mol. The Morgan fingerprint density at radius 1 is 1.13 bits per heavy atom. The van der Waals surface area contributed by atoms with Gasteiger partial charge in [0.2, 0.25) is 5.91 Å². The van der Waals surface area contributed by atoms with Crippen LogP contribution in [0.4, 0.5) is 5.13 Å². The normalized spacial score (nSPS) is 14.7. The van der Waals surface area contributed by atoms with Crippen LogP contribution in [0.1, 0.15) is 40.1 Å². The first kappa shape index (κ1) is 20.3. The van der Waals surface area contributed by atoms with Crippen molar-refractivity contribution in [3.05, 3.63) is 58.4 Å². The van der Waals surface area contributed by atoms with E-state index >= 15 is 0 Å². The van der Waals surface area contributed by atoms with Gasteiger partial charge in [-0.1, -0.05) is 6.07 Å². The van der Waals surface area contributed by atoms with Crippen LogP contribution in [0.15, 0.2) is 40.3 Å². The van der Waals surface area contributed by atoms with Crippen molar-refractivity contribution >= 4 is 28.3 Å². The summed E-state index contributed by atoms with van der Waals surface area (Å²) in [5.74, 6) is 0.0706. The van der Waals surface area contributed by atoms with Gasteiger partial charge in [0, 0.05) is 30.0 Å². The molecule has 3 heterocycles. The molecule has 1 saturated heterocycles. The maximum Gasteiger partial charge on any atom is 0.289 e. The van der Waals surface area contributed by atoms with E-state index in [1.165, 1.54) is 34.3 Å². The molecule has 1 N–H and O–H groups in total. The van der Waals surface area contributed by atoms with Crippen LogP contribution in [0.2, 0.25) is 0 Å². The number of likely N-dealkylation sites (tertiary alicyclic amines) is 1. The van der Waals surface area contributed by atoms with E-state index in [1.54, 1.807) is 17.0 Å². The minimum absolute atomic E-state index is 0.0298. The molecule has 0 radical (unpaired) electrons. The summed E-state index contributed by atoms with van der Waals surface area (Å²) in [6.07, 6.45) is 2.76. The van der Waals surface area contributed by atoms with Gasteiger partial charge in [-0.25, -0.2) is 4.98 Å². The number of furan rings is 1. The Balaban J connectivity index is 1.36. The number of carbonyl (C=O) groups excluding carboxylic acids is 2. The van der Waals surface area contributed by atoms with Gasteiger partial charge >= 0.3 is 0 Å². The van der Waals surface area contributed by atoms with Gasteiger partial charge < -0.3 is 14.6 Å². The average Bonchev–Trinajstić information content (AvgIpc) is 3.43. The number of carbonyl (C=O) groups is 2. The molecule has 7 heteroatoms. The van der Waals surface area contributed by atoms with E-state index in [2.05, 4.69) is 43.2 Å².